The lowest BCUT2D eigenvalue weighted by Gasteiger charge is -2.33. The first-order valence-electron chi connectivity index (χ1n) is 12.6. The smallest absolute Gasteiger partial charge is 0.264 e. The Balaban J connectivity index is 2.05. The highest BCUT2D eigenvalue weighted by atomic mass is 32.2. The topological polar surface area (TPSA) is 96.0 Å². The molecule has 2 amide bonds. The molecule has 0 saturated carbocycles. The number of carbonyl (C=O) groups is 2. The van der Waals surface area contributed by atoms with Gasteiger partial charge in [0.1, 0.15) is 18.3 Å². The van der Waals surface area contributed by atoms with Crippen LogP contribution in [-0.2, 0) is 26.2 Å². The summed E-state index contributed by atoms with van der Waals surface area (Å²) in [6.45, 7) is 5.52. The molecule has 3 aromatic carbocycles. The largest absolute Gasteiger partial charge is 0.497 e. The molecular weight excluding hydrogens is 502 g/mol. The lowest BCUT2D eigenvalue weighted by molar-refractivity contribution is -0.140. The molecule has 8 nitrogen and oxygen atoms in total. The molecule has 0 aliphatic rings. The third-order valence-corrected chi connectivity index (χ3v) is 8.02. The number of carbonyl (C=O) groups excluding carboxylic acids is 2. The van der Waals surface area contributed by atoms with Gasteiger partial charge in [0, 0.05) is 13.1 Å². The molecule has 0 radical (unpaired) electrons. The summed E-state index contributed by atoms with van der Waals surface area (Å²) in [6, 6.07) is 21.5. The quantitative estimate of drug-likeness (QED) is 0.375. The molecule has 0 spiro atoms. The predicted molar refractivity (Wildman–Crippen MR) is 148 cm³/mol. The van der Waals surface area contributed by atoms with Crippen LogP contribution in [-0.4, -0.2) is 51.4 Å². The Labute approximate surface area is 225 Å². The van der Waals surface area contributed by atoms with Crippen molar-refractivity contribution in [3.63, 3.8) is 0 Å². The van der Waals surface area contributed by atoms with Crippen LogP contribution in [0.2, 0.25) is 0 Å². The molecule has 0 fully saturated rings. The van der Waals surface area contributed by atoms with E-state index in [4.69, 9.17) is 4.74 Å². The van der Waals surface area contributed by atoms with Crippen molar-refractivity contribution in [2.75, 3.05) is 24.5 Å². The maximum absolute atomic E-state index is 14.0. The molecule has 1 atom stereocenters. The number of anilines is 1. The van der Waals surface area contributed by atoms with Crippen molar-refractivity contribution < 1.29 is 22.7 Å². The maximum atomic E-state index is 14.0. The van der Waals surface area contributed by atoms with E-state index >= 15 is 0 Å². The third-order valence-electron chi connectivity index (χ3n) is 6.24. The van der Waals surface area contributed by atoms with E-state index in [-0.39, 0.29) is 17.3 Å². The number of sulfonamides is 1. The number of hydrogen-bond acceptors (Lipinski definition) is 5. The molecule has 0 bridgehead atoms. The van der Waals surface area contributed by atoms with Crippen molar-refractivity contribution in [2.24, 2.45) is 0 Å². The number of likely N-dealkylation sites (N-methyl/N-ethyl adjacent to an activating group) is 1. The van der Waals surface area contributed by atoms with Gasteiger partial charge in [-0.15, -0.1) is 0 Å². The summed E-state index contributed by atoms with van der Waals surface area (Å²) in [6.07, 6.45) is 0.365. The minimum atomic E-state index is -4.08. The van der Waals surface area contributed by atoms with Crippen molar-refractivity contribution in [3.8, 4) is 5.75 Å². The Kier molecular flexibility index (Phi) is 9.90. The molecule has 0 unspecified atom stereocenters. The Morgan fingerprint density at radius 3 is 2.13 bits per heavy atom. The van der Waals surface area contributed by atoms with Gasteiger partial charge in [-0.05, 0) is 61.7 Å². The van der Waals surface area contributed by atoms with Gasteiger partial charge in [0.15, 0.2) is 0 Å². The van der Waals surface area contributed by atoms with E-state index < -0.39 is 28.5 Å². The molecule has 3 aromatic rings. The summed E-state index contributed by atoms with van der Waals surface area (Å²) in [5.74, 6) is -0.103. The van der Waals surface area contributed by atoms with Gasteiger partial charge in [-0.25, -0.2) is 8.42 Å². The van der Waals surface area contributed by atoms with Crippen molar-refractivity contribution in [2.45, 2.75) is 44.7 Å². The van der Waals surface area contributed by atoms with Crippen molar-refractivity contribution in [1.29, 1.82) is 0 Å². The van der Waals surface area contributed by atoms with E-state index in [2.05, 4.69) is 5.32 Å². The van der Waals surface area contributed by atoms with Crippen LogP contribution in [0.3, 0.4) is 0 Å². The van der Waals surface area contributed by atoms with Crippen LogP contribution in [0.5, 0.6) is 5.75 Å². The zero-order valence-electron chi connectivity index (χ0n) is 22.3. The number of nitrogens with zero attached hydrogens (tertiary/aromatic N) is 2. The number of ether oxygens (including phenoxy) is 1. The Morgan fingerprint density at radius 2 is 1.55 bits per heavy atom. The number of benzene rings is 3. The normalized spacial score (nSPS) is 11.9. The van der Waals surface area contributed by atoms with E-state index in [9.17, 15) is 18.0 Å². The van der Waals surface area contributed by atoms with Gasteiger partial charge in [0.25, 0.3) is 10.0 Å². The van der Waals surface area contributed by atoms with Crippen LogP contribution < -0.4 is 14.4 Å². The fourth-order valence-corrected chi connectivity index (χ4v) is 5.72. The minimum Gasteiger partial charge on any atom is -0.497 e. The first-order valence-corrected chi connectivity index (χ1v) is 14.0. The lowest BCUT2D eigenvalue weighted by Crippen LogP contribution is -2.52. The Morgan fingerprint density at radius 1 is 0.921 bits per heavy atom. The van der Waals surface area contributed by atoms with Gasteiger partial charge in [0.05, 0.1) is 17.7 Å². The van der Waals surface area contributed by atoms with Crippen LogP contribution in [0.4, 0.5) is 5.69 Å². The summed E-state index contributed by atoms with van der Waals surface area (Å²) in [7, 11) is -2.51. The second-order valence-corrected chi connectivity index (χ2v) is 10.7. The van der Waals surface area contributed by atoms with Crippen LogP contribution in [0.25, 0.3) is 0 Å². The van der Waals surface area contributed by atoms with Crippen molar-refractivity contribution in [1.82, 2.24) is 10.2 Å². The summed E-state index contributed by atoms with van der Waals surface area (Å²) in [5.41, 5.74) is 1.90. The Hall–Kier alpha value is -3.85. The number of aryl methyl sites for hydroxylation is 1. The number of para-hydroxylation sites is 1. The standard InChI is InChI=1S/C29H35N3O5S/c1-5-26(29(34)30-6-2)31(20-23-16-18-24(37-4)19-17-23)28(33)21-32(27-15-11-10-12-22(27)3)38(35,36)25-13-8-7-9-14-25/h7-19,26H,5-6,20-21H2,1-4H3,(H,30,34)/t26-/m1/s1. The molecular formula is C29H35N3O5S. The van der Waals surface area contributed by atoms with E-state index in [0.29, 0.717) is 30.0 Å². The SMILES string of the molecule is CCNC(=O)[C@@H](CC)N(Cc1ccc(OC)cc1)C(=O)CN(c1ccccc1C)S(=O)(=O)c1ccccc1. The van der Waals surface area contributed by atoms with E-state index in [1.807, 2.05) is 32.0 Å². The molecule has 0 saturated heterocycles. The van der Waals surface area contributed by atoms with Crippen LogP contribution >= 0.6 is 0 Å². The zero-order chi connectivity index (χ0) is 27.7. The highest BCUT2D eigenvalue weighted by Crippen LogP contribution is 2.27. The third kappa shape index (κ3) is 6.72. The van der Waals surface area contributed by atoms with Gasteiger partial charge < -0.3 is 15.0 Å². The second-order valence-electron chi connectivity index (χ2n) is 8.80. The molecule has 38 heavy (non-hydrogen) atoms. The predicted octanol–water partition coefficient (Wildman–Crippen LogP) is 4.14. The monoisotopic (exact) mass is 537 g/mol. The Bertz CT molecular complexity index is 1330. The molecule has 202 valence electrons. The average Bonchev–Trinajstić information content (AvgIpc) is 2.93. The van der Waals surface area contributed by atoms with E-state index in [1.165, 1.54) is 17.0 Å². The fourth-order valence-electron chi connectivity index (χ4n) is 4.22. The van der Waals surface area contributed by atoms with E-state index in [0.717, 1.165) is 9.87 Å². The number of hydrogen-bond donors (Lipinski definition) is 1. The van der Waals surface area contributed by atoms with Gasteiger partial charge in [-0.2, -0.15) is 0 Å². The van der Waals surface area contributed by atoms with Gasteiger partial charge >= 0.3 is 0 Å². The molecule has 1 N–H and O–H groups in total. The highest BCUT2D eigenvalue weighted by molar-refractivity contribution is 7.92. The summed E-state index contributed by atoms with van der Waals surface area (Å²) in [4.78, 5) is 28.5. The van der Waals surface area contributed by atoms with Gasteiger partial charge in [-0.3, -0.25) is 13.9 Å². The molecule has 0 aliphatic carbocycles. The molecule has 0 aliphatic heterocycles. The highest BCUT2D eigenvalue weighted by Gasteiger charge is 2.33. The number of rotatable bonds is 12. The maximum Gasteiger partial charge on any atom is 0.264 e. The molecule has 3 rings (SSSR count). The van der Waals surface area contributed by atoms with Crippen LogP contribution in [0.1, 0.15) is 31.4 Å². The first kappa shape index (κ1) is 28.7. The number of amides is 2. The molecule has 0 heterocycles. The number of nitrogens with one attached hydrogen (secondary N) is 1. The summed E-state index contributed by atoms with van der Waals surface area (Å²) in [5, 5.41) is 2.80. The summed E-state index contributed by atoms with van der Waals surface area (Å²) < 4.78 is 34.0. The van der Waals surface area contributed by atoms with Crippen LogP contribution in [0.15, 0.2) is 83.8 Å². The zero-order valence-corrected chi connectivity index (χ0v) is 23.1. The summed E-state index contributed by atoms with van der Waals surface area (Å²) >= 11 is 0. The fraction of sp³-hybridized carbons (Fsp3) is 0.310. The average molecular weight is 538 g/mol. The van der Waals surface area contributed by atoms with Crippen molar-refractivity contribution in [3.05, 3.63) is 90.0 Å². The lowest BCUT2D eigenvalue weighted by atomic mass is 10.1. The van der Waals surface area contributed by atoms with Crippen molar-refractivity contribution >= 4 is 27.5 Å². The molecule has 0 aromatic heterocycles. The number of methoxy groups -OCH3 is 1. The first-order chi connectivity index (χ1) is 18.2. The van der Waals surface area contributed by atoms with Crippen LogP contribution in [0, 0.1) is 6.92 Å². The van der Waals surface area contributed by atoms with E-state index in [1.54, 1.807) is 62.6 Å². The van der Waals surface area contributed by atoms with Gasteiger partial charge in [-0.1, -0.05) is 55.5 Å². The second kappa shape index (κ2) is 13.1. The molecule has 9 heteroatoms. The van der Waals surface area contributed by atoms with Gasteiger partial charge in [0.2, 0.25) is 11.8 Å². The minimum absolute atomic E-state index is 0.0773.